The monoisotopic (exact) mass is 392 g/mol. The third kappa shape index (κ3) is 5.23. The first-order valence-electron chi connectivity index (χ1n) is 7.57. The minimum absolute atomic E-state index is 0.0529. The lowest BCUT2D eigenvalue weighted by Gasteiger charge is -2.20. The maximum atomic E-state index is 11.8. The fourth-order valence-corrected chi connectivity index (χ4v) is 2.44. The van der Waals surface area contributed by atoms with Gasteiger partial charge in [0.15, 0.2) is 6.61 Å². The van der Waals surface area contributed by atoms with Gasteiger partial charge in [-0.3, -0.25) is 4.79 Å². The number of carbonyl (C=O) groups is 1. The number of nitrogens with zero attached hydrogens (tertiary/aromatic N) is 1. The van der Waals surface area contributed by atoms with Crippen LogP contribution in [0.3, 0.4) is 0 Å². The molecule has 6 heteroatoms. The van der Waals surface area contributed by atoms with E-state index in [1.165, 1.54) is 11.8 Å². The summed E-state index contributed by atoms with van der Waals surface area (Å²) in [5.74, 6) is 1.63. The van der Waals surface area contributed by atoms with Gasteiger partial charge < -0.3 is 9.15 Å². The molecule has 24 heavy (non-hydrogen) atoms. The molecule has 0 saturated carbocycles. The molecule has 0 saturated heterocycles. The predicted octanol–water partition coefficient (Wildman–Crippen LogP) is 4.18. The van der Waals surface area contributed by atoms with Crippen LogP contribution in [0, 0.1) is 6.92 Å². The summed E-state index contributed by atoms with van der Waals surface area (Å²) in [4.78, 5) is 11.8. The maximum absolute atomic E-state index is 11.8. The van der Waals surface area contributed by atoms with Gasteiger partial charge in [-0.1, -0.05) is 26.8 Å². The Balaban J connectivity index is 1.86. The summed E-state index contributed by atoms with van der Waals surface area (Å²) in [7, 11) is 0. The molecule has 0 fully saturated rings. The molecule has 0 unspecified atom stereocenters. The van der Waals surface area contributed by atoms with Gasteiger partial charge in [-0.15, -0.1) is 0 Å². The summed E-state index contributed by atoms with van der Waals surface area (Å²) in [5.41, 5.74) is 3.63. The Labute approximate surface area is 150 Å². The lowest BCUT2D eigenvalue weighted by atomic mass is 9.87. The quantitative estimate of drug-likeness (QED) is 0.613. The number of aryl methyl sites for hydroxylation is 1. The smallest absolute Gasteiger partial charge is 0.277 e. The molecule has 0 bridgehead atoms. The number of hydrazone groups is 1. The number of nitrogens with one attached hydrogen (secondary N) is 1. The van der Waals surface area contributed by atoms with Gasteiger partial charge in [0.1, 0.15) is 17.3 Å². The fraction of sp³-hybridized carbons (Fsp3) is 0.333. The van der Waals surface area contributed by atoms with Crippen molar-refractivity contribution in [1.82, 2.24) is 5.43 Å². The summed E-state index contributed by atoms with van der Waals surface area (Å²) in [6.45, 7) is 8.14. The van der Waals surface area contributed by atoms with E-state index >= 15 is 0 Å². The number of benzene rings is 1. The number of hydrogen-bond acceptors (Lipinski definition) is 4. The molecule has 1 aromatic heterocycles. The Morgan fingerprint density at radius 3 is 2.67 bits per heavy atom. The van der Waals surface area contributed by atoms with Crippen molar-refractivity contribution in [2.45, 2.75) is 33.1 Å². The van der Waals surface area contributed by atoms with Crippen LogP contribution in [0.15, 0.2) is 44.3 Å². The van der Waals surface area contributed by atoms with E-state index in [2.05, 4.69) is 47.2 Å². The lowest BCUT2D eigenvalue weighted by Crippen LogP contribution is -2.24. The van der Waals surface area contributed by atoms with Gasteiger partial charge in [0.25, 0.3) is 5.91 Å². The molecule has 0 atom stereocenters. The number of furan rings is 1. The number of rotatable bonds is 5. The predicted molar refractivity (Wildman–Crippen MR) is 97.5 cm³/mol. The second-order valence-corrected chi connectivity index (χ2v) is 7.28. The normalized spacial score (nSPS) is 11.7. The summed E-state index contributed by atoms with van der Waals surface area (Å²) >= 11 is 3.48. The fourth-order valence-electron chi connectivity index (χ4n) is 1.95. The second kappa shape index (κ2) is 7.66. The van der Waals surface area contributed by atoms with E-state index in [4.69, 9.17) is 9.15 Å². The maximum Gasteiger partial charge on any atom is 0.277 e. The third-order valence-corrected chi connectivity index (χ3v) is 3.92. The third-order valence-electron chi connectivity index (χ3n) is 3.30. The van der Waals surface area contributed by atoms with E-state index in [-0.39, 0.29) is 17.9 Å². The topological polar surface area (TPSA) is 63.8 Å². The average molecular weight is 393 g/mol. The molecule has 1 N–H and O–H groups in total. The Kier molecular flexibility index (Phi) is 5.83. The molecule has 5 nitrogen and oxygen atoms in total. The van der Waals surface area contributed by atoms with Gasteiger partial charge in [-0.25, -0.2) is 5.43 Å². The summed E-state index contributed by atoms with van der Waals surface area (Å²) in [6.07, 6.45) is 1.44. The zero-order valence-electron chi connectivity index (χ0n) is 14.2. The van der Waals surface area contributed by atoms with Crippen LogP contribution in [-0.4, -0.2) is 18.7 Å². The zero-order chi connectivity index (χ0) is 17.7. The Hall–Kier alpha value is -2.08. The van der Waals surface area contributed by atoms with Crippen molar-refractivity contribution in [3.63, 3.8) is 0 Å². The van der Waals surface area contributed by atoms with Crippen LogP contribution in [0.25, 0.3) is 0 Å². The molecular weight excluding hydrogens is 372 g/mol. The Bertz CT molecular complexity index is 745. The number of hydrogen-bond donors (Lipinski definition) is 1. The van der Waals surface area contributed by atoms with Crippen molar-refractivity contribution in [1.29, 1.82) is 0 Å². The number of amides is 1. The minimum atomic E-state index is -0.346. The summed E-state index contributed by atoms with van der Waals surface area (Å²) in [5, 5.41) is 3.83. The van der Waals surface area contributed by atoms with E-state index in [1.807, 2.05) is 31.2 Å². The molecule has 0 spiro atoms. The number of ether oxygens (including phenoxy) is 1. The van der Waals surface area contributed by atoms with E-state index in [1.54, 1.807) is 6.07 Å². The van der Waals surface area contributed by atoms with Crippen molar-refractivity contribution >= 4 is 28.1 Å². The van der Waals surface area contributed by atoms with Gasteiger partial charge in [-0.05, 0) is 58.1 Å². The molecule has 0 aliphatic carbocycles. The van der Waals surface area contributed by atoms with E-state index < -0.39 is 0 Å². The Morgan fingerprint density at radius 1 is 1.33 bits per heavy atom. The van der Waals surface area contributed by atoms with Crippen LogP contribution in [0.1, 0.15) is 37.9 Å². The lowest BCUT2D eigenvalue weighted by molar-refractivity contribution is -0.123. The van der Waals surface area contributed by atoms with Gasteiger partial charge >= 0.3 is 0 Å². The van der Waals surface area contributed by atoms with Crippen LogP contribution in [0.5, 0.6) is 5.75 Å². The number of halogens is 1. The molecule has 0 aliphatic heterocycles. The largest absolute Gasteiger partial charge is 0.483 e. The average Bonchev–Trinajstić information content (AvgIpc) is 2.90. The molecule has 2 rings (SSSR count). The molecule has 1 amide bonds. The van der Waals surface area contributed by atoms with Crippen LogP contribution >= 0.6 is 15.9 Å². The molecule has 128 valence electrons. The van der Waals surface area contributed by atoms with E-state index in [0.717, 1.165) is 10.2 Å². The minimum Gasteiger partial charge on any atom is -0.483 e. The highest BCUT2D eigenvalue weighted by Gasteiger charge is 2.15. The summed E-state index contributed by atoms with van der Waals surface area (Å²) < 4.78 is 11.6. The first-order chi connectivity index (χ1) is 11.3. The van der Waals surface area contributed by atoms with Crippen molar-refractivity contribution in [2.24, 2.45) is 5.10 Å². The van der Waals surface area contributed by atoms with Crippen LogP contribution < -0.4 is 10.2 Å². The number of carbonyl (C=O) groups excluding carboxylic acids is 1. The zero-order valence-corrected chi connectivity index (χ0v) is 15.8. The SMILES string of the molecule is Cc1ccc(/C=N/NC(=O)COc2ccc(C(C)(C)C)cc2Br)o1. The van der Waals surface area contributed by atoms with Gasteiger partial charge in [0.05, 0.1) is 10.7 Å². The highest BCUT2D eigenvalue weighted by Crippen LogP contribution is 2.31. The van der Waals surface area contributed by atoms with Gasteiger partial charge in [0, 0.05) is 0 Å². The molecular formula is C18H21BrN2O3. The molecule has 1 heterocycles. The van der Waals surface area contributed by atoms with E-state index in [9.17, 15) is 4.79 Å². The molecule has 2 aromatic rings. The highest BCUT2D eigenvalue weighted by molar-refractivity contribution is 9.10. The van der Waals surface area contributed by atoms with Crippen molar-refractivity contribution in [3.8, 4) is 5.75 Å². The Morgan fingerprint density at radius 2 is 2.08 bits per heavy atom. The second-order valence-electron chi connectivity index (χ2n) is 6.43. The van der Waals surface area contributed by atoms with Gasteiger partial charge in [-0.2, -0.15) is 5.10 Å². The van der Waals surface area contributed by atoms with Crippen LogP contribution in [0.2, 0.25) is 0 Å². The van der Waals surface area contributed by atoms with Gasteiger partial charge in [0.2, 0.25) is 0 Å². The molecule has 0 aliphatic rings. The van der Waals surface area contributed by atoms with E-state index in [0.29, 0.717) is 11.5 Å². The molecule has 0 radical (unpaired) electrons. The van der Waals surface area contributed by atoms with Crippen molar-refractivity contribution in [3.05, 3.63) is 51.9 Å². The first-order valence-corrected chi connectivity index (χ1v) is 8.36. The van der Waals surface area contributed by atoms with Crippen LogP contribution in [0.4, 0.5) is 0 Å². The first kappa shape index (κ1) is 18.3. The van der Waals surface area contributed by atoms with Crippen LogP contribution in [-0.2, 0) is 10.2 Å². The highest BCUT2D eigenvalue weighted by atomic mass is 79.9. The summed E-state index contributed by atoms with van der Waals surface area (Å²) in [6, 6.07) is 9.45. The van der Waals surface area contributed by atoms with Crippen molar-refractivity contribution < 1.29 is 13.9 Å². The van der Waals surface area contributed by atoms with Crippen molar-refractivity contribution in [2.75, 3.05) is 6.61 Å². The standard InChI is InChI=1S/C18H21BrN2O3/c1-12-5-7-14(24-12)10-20-21-17(22)11-23-16-8-6-13(9-15(16)19)18(2,3)4/h5-10H,11H2,1-4H3,(H,21,22)/b20-10+. The molecule has 1 aromatic carbocycles.